The molecule has 0 aliphatic heterocycles. The minimum absolute atomic E-state index is 0.264. The number of halogens is 1. The Morgan fingerprint density at radius 3 is 2.36 bits per heavy atom. The zero-order valence-electron chi connectivity index (χ0n) is 15.0. The lowest BCUT2D eigenvalue weighted by atomic mass is 10.1. The molecular weight excluding hydrogens is 378 g/mol. The molecule has 2 amide bonds. The number of carbonyl (C=O) groups is 2. The summed E-state index contributed by atoms with van der Waals surface area (Å²) in [6, 6.07) is 18.4. The van der Waals surface area contributed by atoms with Crippen molar-refractivity contribution in [3.05, 3.63) is 82.9 Å². The van der Waals surface area contributed by atoms with E-state index in [1.165, 1.54) is 7.11 Å². The Kier molecular flexibility index (Phi) is 5.81. The molecule has 3 rings (SSSR count). The third-order valence-electron chi connectivity index (χ3n) is 4.01. The van der Waals surface area contributed by atoms with E-state index in [0.717, 1.165) is 0 Å². The summed E-state index contributed by atoms with van der Waals surface area (Å²) in [4.78, 5) is 24.9. The van der Waals surface area contributed by atoms with Crippen molar-refractivity contribution < 1.29 is 14.3 Å². The number of rotatable bonds is 5. The molecule has 0 atom stereocenters. The Hall–Kier alpha value is -3.51. The number of ether oxygens (including phenoxy) is 1. The third-order valence-corrected chi connectivity index (χ3v) is 4.34. The second-order valence-corrected chi connectivity index (χ2v) is 6.33. The van der Waals surface area contributed by atoms with Crippen LogP contribution in [0.15, 0.2) is 66.7 Å². The molecule has 0 saturated carbocycles. The quantitative estimate of drug-likeness (QED) is 0.557. The van der Waals surface area contributed by atoms with Gasteiger partial charge < -0.3 is 21.1 Å². The van der Waals surface area contributed by atoms with Crippen LogP contribution in [0.1, 0.15) is 20.7 Å². The number of methoxy groups -OCH3 is 1. The number of hydrogen-bond acceptors (Lipinski definition) is 4. The molecule has 6 nitrogen and oxygen atoms in total. The highest BCUT2D eigenvalue weighted by atomic mass is 35.5. The van der Waals surface area contributed by atoms with Crippen LogP contribution < -0.4 is 21.1 Å². The Balaban J connectivity index is 1.78. The number of amides is 2. The van der Waals surface area contributed by atoms with Crippen molar-refractivity contribution in [1.29, 1.82) is 0 Å². The molecule has 0 aliphatic carbocycles. The SMILES string of the molecule is COc1ccc(C(=O)Nc2cc(NC(=O)c3ccccc3)ccc2Cl)c(N)c1. The average Bonchev–Trinajstić information content (AvgIpc) is 2.70. The van der Waals surface area contributed by atoms with E-state index in [-0.39, 0.29) is 17.2 Å². The molecule has 0 saturated heterocycles. The normalized spacial score (nSPS) is 10.2. The van der Waals surface area contributed by atoms with Gasteiger partial charge in [0.15, 0.2) is 0 Å². The first-order valence-corrected chi connectivity index (χ1v) is 8.76. The standard InChI is InChI=1S/C21H18ClN3O3/c1-28-15-8-9-16(18(23)12-15)21(27)25-19-11-14(7-10-17(19)22)24-20(26)13-5-3-2-4-6-13/h2-12H,23H2,1H3,(H,24,26)(H,25,27). The van der Waals surface area contributed by atoms with Gasteiger partial charge in [0.2, 0.25) is 0 Å². The van der Waals surface area contributed by atoms with Crippen molar-refractivity contribution in [1.82, 2.24) is 0 Å². The number of carbonyl (C=O) groups excluding carboxylic acids is 2. The van der Waals surface area contributed by atoms with Crippen LogP contribution in [0, 0.1) is 0 Å². The van der Waals surface area contributed by atoms with Gasteiger partial charge in [-0.2, -0.15) is 0 Å². The molecule has 0 aliphatic rings. The molecule has 0 radical (unpaired) electrons. The number of nitrogen functional groups attached to an aromatic ring is 1. The van der Waals surface area contributed by atoms with Crippen molar-refractivity contribution in [3.63, 3.8) is 0 Å². The molecule has 0 unspecified atom stereocenters. The topological polar surface area (TPSA) is 93.5 Å². The first-order valence-electron chi connectivity index (χ1n) is 8.39. The second-order valence-electron chi connectivity index (χ2n) is 5.92. The Morgan fingerprint density at radius 2 is 1.68 bits per heavy atom. The summed E-state index contributed by atoms with van der Waals surface area (Å²) in [5.74, 6) is -0.133. The highest BCUT2D eigenvalue weighted by molar-refractivity contribution is 6.34. The fourth-order valence-electron chi connectivity index (χ4n) is 2.56. The van der Waals surface area contributed by atoms with Gasteiger partial charge in [-0.3, -0.25) is 9.59 Å². The number of hydrogen-bond donors (Lipinski definition) is 3. The molecule has 3 aromatic carbocycles. The van der Waals surface area contributed by atoms with Crippen molar-refractivity contribution in [2.45, 2.75) is 0 Å². The van der Waals surface area contributed by atoms with Crippen LogP contribution in [-0.4, -0.2) is 18.9 Å². The number of nitrogens with one attached hydrogen (secondary N) is 2. The first kappa shape index (κ1) is 19.3. The van der Waals surface area contributed by atoms with E-state index in [2.05, 4.69) is 10.6 Å². The fraction of sp³-hybridized carbons (Fsp3) is 0.0476. The highest BCUT2D eigenvalue weighted by Crippen LogP contribution is 2.27. The maximum Gasteiger partial charge on any atom is 0.257 e. The van der Waals surface area contributed by atoms with E-state index in [9.17, 15) is 9.59 Å². The molecular formula is C21H18ClN3O3. The van der Waals surface area contributed by atoms with Gasteiger partial charge in [0.25, 0.3) is 11.8 Å². The van der Waals surface area contributed by atoms with Crippen LogP contribution in [-0.2, 0) is 0 Å². The molecule has 0 fully saturated rings. The first-order chi connectivity index (χ1) is 13.5. The predicted molar refractivity (Wildman–Crippen MR) is 111 cm³/mol. The Morgan fingerprint density at radius 1 is 0.929 bits per heavy atom. The maximum absolute atomic E-state index is 12.6. The summed E-state index contributed by atoms with van der Waals surface area (Å²) in [7, 11) is 1.52. The van der Waals surface area contributed by atoms with E-state index in [1.54, 1.807) is 60.7 Å². The van der Waals surface area contributed by atoms with Crippen molar-refractivity contribution in [2.24, 2.45) is 0 Å². The molecule has 28 heavy (non-hydrogen) atoms. The average molecular weight is 396 g/mol. The summed E-state index contributed by atoms with van der Waals surface area (Å²) in [6.07, 6.45) is 0. The van der Waals surface area contributed by atoms with E-state index in [1.807, 2.05) is 6.07 Å². The molecule has 7 heteroatoms. The van der Waals surface area contributed by atoms with Crippen molar-refractivity contribution in [2.75, 3.05) is 23.5 Å². The van der Waals surface area contributed by atoms with Gasteiger partial charge >= 0.3 is 0 Å². The van der Waals surface area contributed by atoms with Gasteiger partial charge in [-0.15, -0.1) is 0 Å². The van der Waals surface area contributed by atoms with Gasteiger partial charge in [-0.05, 0) is 42.5 Å². The molecule has 0 aromatic heterocycles. The maximum atomic E-state index is 12.6. The second kappa shape index (κ2) is 8.45. The van der Waals surface area contributed by atoms with Crippen LogP contribution in [0.25, 0.3) is 0 Å². The monoisotopic (exact) mass is 395 g/mol. The fourth-order valence-corrected chi connectivity index (χ4v) is 2.72. The Labute approximate surface area is 167 Å². The highest BCUT2D eigenvalue weighted by Gasteiger charge is 2.14. The zero-order valence-corrected chi connectivity index (χ0v) is 15.8. The van der Waals surface area contributed by atoms with Gasteiger partial charge in [-0.25, -0.2) is 0 Å². The van der Waals surface area contributed by atoms with E-state index in [0.29, 0.717) is 27.7 Å². The minimum atomic E-state index is -0.423. The van der Waals surface area contributed by atoms with Gasteiger partial charge in [-0.1, -0.05) is 29.8 Å². The summed E-state index contributed by atoms with van der Waals surface area (Å²) in [5, 5.41) is 5.82. The smallest absolute Gasteiger partial charge is 0.257 e. The summed E-state index contributed by atoms with van der Waals surface area (Å²) in [6.45, 7) is 0. The third kappa shape index (κ3) is 4.42. The minimum Gasteiger partial charge on any atom is -0.497 e. The number of nitrogens with two attached hydrogens (primary N) is 1. The van der Waals surface area contributed by atoms with Crippen LogP contribution in [0.4, 0.5) is 17.1 Å². The predicted octanol–water partition coefficient (Wildman–Crippen LogP) is 4.44. The summed E-state index contributed by atoms with van der Waals surface area (Å²) >= 11 is 6.19. The number of benzene rings is 3. The van der Waals surface area contributed by atoms with Crippen LogP contribution in [0.3, 0.4) is 0 Å². The molecule has 0 heterocycles. The van der Waals surface area contributed by atoms with E-state index in [4.69, 9.17) is 22.1 Å². The van der Waals surface area contributed by atoms with E-state index >= 15 is 0 Å². The largest absolute Gasteiger partial charge is 0.497 e. The molecule has 142 valence electrons. The lowest BCUT2D eigenvalue weighted by Crippen LogP contribution is -2.15. The zero-order chi connectivity index (χ0) is 20.1. The van der Waals surface area contributed by atoms with Crippen molar-refractivity contribution in [3.8, 4) is 5.75 Å². The Bertz CT molecular complexity index is 1020. The van der Waals surface area contributed by atoms with Gasteiger partial charge in [0.05, 0.1) is 23.4 Å². The molecule has 4 N–H and O–H groups in total. The lowest BCUT2D eigenvalue weighted by Gasteiger charge is -2.12. The van der Waals surface area contributed by atoms with Crippen molar-refractivity contribution >= 4 is 40.5 Å². The summed E-state index contributed by atoms with van der Waals surface area (Å²) in [5.41, 5.74) is 7.86. The molecule has 3 aromatic rings. The molecule has 0 bridgehead atoms. The van der Waals surface area contributed by atoms with E-state index < -0.39 is 5.91 Å². The molecule has 0 spiro atoms. The lowest BCUT2D eigenvalue weighted by molar-refractivity contribution is 0.102. The van der Waals surface area contributed by atoms with Crippen LogP contribution in [0.5, 0.6) is 5.75 Å². The van der Waals surface area contributed by atoms with Gasteiger partial charge in [0.1, 0.15) is 5.75 Å². The number of anilines is 3. The van der Waals surface area contributed by atoms with Gasteiger partial charge in [0, 0.05) is 23.0 Å². The summed E-state index contributed by atoms with van der Waals surface area (Å²) < 4.78 is 5.08. The van der Waals surface area contributed by atoms with Crippen LogP contribution >= 0.6 is 11.6 Å². The van der Waals surface area contributed by atoms with Crippen LogP contribution in [0.2, 0.25) is 5.02 Å².